The molecule has 0 unspecified atom stereocenters. The molecular weight excluding hydrogens is 394 g/mol. The highest BCUT2D eigenvalue weighted by molar-refractivity contribution is 6.08. The molecule has 2 aromatic carbocycles. The first-order valence-corrected chi connectivity index (χ1v) is 9.42. The van der Waals surface area contributed by atoms with Gasteiger partial charge in [-0.15, -0.1) is 0 Å². The Kier molecular flexibility index (Phi) is 5.44. The number of nitrogens with zero attached hydrogens (tertiary/aromatic N) is 4. The first-order chi connectivity index (χ1) is 15.0. The number of nitro benzene ring substituents is 1. The third kappa shape index (κ3) is 4.27. The lowest BCUT2D eigenvalue weighted by Crippen LogP contribution is -2.20. The maximum atomic E-state index is 13.0. The van der Waals surface area contributed by atoms with E-state index in [-0.39, 0.29) is 5.69 Å². The Balaban J connectivity index is 1.68. The smallest absolute Gasteiger partial charge is 0.267 e. The second-order valence-electron chi connectivity index (χ2n) is 6.76. The van der Waals surface area contributed by atoms with E-state index in [2.05, 4.69) is 20.5 Å². The zero-order valence-electron chi connectivity index (χ0n) is 16.5. The van der Waals surface area contributed by atoms with Gasteiger partial charge in [0, 0.05) is 41.0 Å². The highest BCUT2D eigenvalue weighted by Gasteiger charge is 2.14. The predicted octanol–water partition coefficient (Wildman–Crippen LogP) is 4.36. The van der Waals surface area contributed by atoms with Crippen molar-refractivity contribution in [2.24, 2.45) is 5.10 Å². The molecule has 0 aliphatic heterocycles. The number of hydrazone groups is 1. The van der Waals surface area contributed by atoms with E-state index in [1.165, 1.54) is 12.1 Å². The van der Waals surface area contributed by atoms with Crippen molar-refractivity contribution in [2.45, 2.75) is 6.92 Å². The lowest BCUT2D eigenvalue weighted by atomic mass is 10.0. The van der Waals surface area contributed by atoms with E-state index in [9.17, 15) is 14.9 Å². The second-order valence-corrected chi connectivity index (χ2v) is 6.76. The molecule has 0 atom stereocenters. The van der Waals surface area contributed by atoms with Gasteiger partial charge in [0.25, 0.3) is 11.6 Å². The molecule has 2 aromatic heterocycles. The molecule has 0 saturated heterocycles. The summed E-state index contributed by atoms with van der Waals surface area (Å²) in [7, 11) is 0. The third-order valence-electron chi connectivity index (χ3n) is 4.72. The van der Waals surface area contributed by atoms with Crippen LogP contribution in [-0.4, -0.2) is 26.5 Å². The number of nitrogens with one attached hydrogen (secondary N) is 1. The average molecular weight is 411 g/mol. The summed E-state index contributed by atoms with van der Waals surface area (Å²) in [6.07, 6.45) is 3.35. The van der Waals surface area contributed by atoms with Crippen molar-refractivity contribution in [2.75, 3.05) is 0 Å². The van der Waals surface area contributed by atoms with Gasteiger partial charge in [-0.3, -0.25) is 19.9 Å². The van der Waals surface area contributed by atoms with Crippen molar-refractivity contribution < 1.29 is 9.72 Å². The molecule has 4 rings (SSSR count). The van der Waals surface area contributed by atoms with E-state index >= 15 is 0 Å². The molecular formula is C23H17N5O3. The van der Waals surface area contributed by atoms with Crippen LogP contribution in [0.15, 0.2) is 84.2 Å². The van der Waals surface area contributed by atoms with Crippen LogP contribution in [0, 0.1) is 10.1 Å². The van der Waals surface area contributed by atoms with Crippen molar-refractivity contribution in [1.29, 1.82) is 0 Å². The van der Waals surface area contributed by atoms with E-state index < -0.39 is 10.8 Å². The first-order valence-electron chi connectivity index (χ1n) is 9.42. The number of aromatic nitrogens is 2. The highest BCUT2D eigenvalue weighted by atomic mass is 16.6. The minimum atomic E-state index is -0.474. The van der Waals surface area contributed by atoms with E-state index in [0.29, 0.717) is 33.4 Å². The summed E-state index contributed by atoms with van der Waals surface area (Å²) in [6.45, 7) is 1.67. The number of rotatable bonds is 5. The van der Waals surface area contributed by atoms with E-state index in [1.807, 2.05) is 30.3 Å². The van der Waals surface area contributed by atoms with Crippen LogP contribution < -0.4 is 5.43 Å². The monoisotopic (exact) mass is 411 g/mol. The maximum absolute atomic E-state index is 13.0. The molecule has 0 spiro atoms. The fourth-order valence-electron chi connectivity index (χ4n) is 3.13. The van der Waals surface area contributed by atoms with Crippen LogP contribution in [0.4, 0.5) is 5.69 Å². The Hall–Kier alpha value is -4.46. The summed E-state index contributed by atoms with van der Waals surface area (Å²) in [6, 6.07) is 18.8. The molecule has 0 bridgehead atoms. The number of hydrogen-bond acceptors (Lipinski definition) is 6. The molecule has 0 fully saturated rings. The van der Waals surface area contributed by atoms with Gasteiger partial charge < -0.3 is 0 Å². The fraction of sp³-hybridized carbons (Fsp3) is 0.0435. The van der Waals surface area contributed by atoms with Gasteiger partial charge in [-0.25, -0.2) is 10.4 Å². The Morgan fingerprint density at radius 2 is 1.90 bits per heavy atom. The third-order valence-corrected chi connectivity index (χ3v) is 4.72. The first kappa shape index (κ1) is 19.8. The van der Waals surface area contributed by atoms with Gasteiger partial charge >= 0.3 is 0 Å². The van der Waals surface area contributed by atoms with Crippen molar-refractivity contribution in [3.8, 4) is 11.3 Å². The van der Waals surface area contributed by atoms with Gasteiger partial charge in [0.2, 0.25) is 0 Å². The van der Waals surface area contributed by atoms with Gasteiger partial charge in [-0.05, 0) is 31.2 Å². The normalized spacial score (nSPS) is 11.3. The molecule has 4 aromatic rings. The van der Waals surface area contributed by atoms with Crippen molar-refractivity contribution in [3.63, 3.8) is 0 Å². The van der Waals surface area contributed by atoms with Gasteiger partial charge in [0.15, 0.2) is 0 Å². The molecule has 152 valence electrons. The number of nitro groups is 1. The van der Waals surface area contributed by atoms with Gasteiger partial charge in [-0.2, -0.15) is 5.10 Å². The molecule has 0 saturated carbocycles. The average Bonchev–Trinajstić information content (AvgIpc) is 2.82. The Morgan fingerprint density at radius 1 is 1.06 bits per heavy atom. The second kappa shape index (κ2) is 8.50. The number of carbonyl (C=O) groups excluding carboxylic acids is 1. The standard InChI is InChI=1S/C23H17N5O3/c1-15(16-6-4-8-18(12-16)28(30)31)26-27-23(29)20-13-22(17-7-5-11-24-14-17)25-21-10-3-2-9-19(20)21/h2-14H,1H3,(H,27,29)/b26-15-. The Bertz CT molecular complexity index is 1320. The van der Waals surface area contributed by atoms with Crippen LogP contribution in [-0.2, 0) is 0 Å². The number of amides is 1. The number of non-ortho nitro benzene ring substituents is 1. The molecule has 1 N–H and O–H groups in total. The topological polar surface area (TPSA) is 110 Å². The van der Waals surface area contributed by atoms with Crippen molar-refractivity contribution >= 4 is 28.2 Å². The summed E-state index contributed by atoms with van der Waals surface area (Å²) < 4.78 is 0. The number of pyridine rings is 2. The van der Waals surface area contributed by atoms with Crippen molar-refractivity contribution in [1.82, 2.24) is 15.4 Å². The van der Waals surface area contributed by atoms with Crippen LogP contribution in [0.1, 0.15) is 22.8 Å². The molecule has 31 heavy (non-hydrogen) atoms. The number of para-hydroxylation sites is 1. The van der Waals surface area contributed by atoms with E-state index in [0.717, 1.165) is 5.56 Å². The fourth-order valence-corrected chi connectivity index (χ4v) is 3.13. The summed E-state index contributed by atoms with van der Waals surface area (Å²) in [5.41, 5.74) is 6.01. The van der Waals surface area contributed by atoms with Crippen LogP contribution in [0.3, 0.4) is 0 Å². The quantitative estimate of drug-likeness (QED) is 0.298. The Morgan fingerprint density at radius 3 is 2.68 bits per heavy atom. The van der Waals surface area contributed by atoms with Crippen LogP contribution in [0.25, 0.3) is 22.2 Å². The number of carbonyl (C=O) groups is 1. The minimum Gasteiger partial charge on any atom is -0.267 e. The zero-order valence-corrected chi connectivity index (χ0v) is 16.5. The van der Waals surface area contributed by atoms with Gasteiger partial charge in [-0.1, -0.05) is 30.3 Å². The van der Waals surface area contributed by atoms with Crippen LogP contribution >= 0.6 is 0 Å². The van der Waals surface area contributed by atoms with Gasteiger partial charge in [0.1, 0.15) is 0 Å². The highest BCUT2D eigenvalue weighted by Crippen LogP contribution is 2.24. The van der Waals surface area contributed by atoms with Crippen molar-refractivity contribution in [3.05, 3.63) is 100 Å². The number of fused-ring (bicyclic) bond motifs is 1. The summed E-state index contributed by atoms with van der Waals surface area (Å²) >= 11 is 0. The molecule has 8 nitrogen and oxygen atoms in total. The lowest BCUT2D eigenvalue weighted by molar-refractivity contribution is -0.384. The molecule has 1 amide bonds. The Labute approximate surface area is 177 Å². The van der Waals surface area contributed by atoms with Gasteiger partial charge in [0.05, 0.1) is 27.4 Å². The SMILES string of the molecule is C/C(=N/NC(=O)c1cc(-c2cccnc2)nc2ccccc12)c1cccc([N+](=O)[O-])c1. The summed E-state index contributed by atoms with van der Waals surface area (Å²) in [4.78, 5) is 32.3. The predicted molar refractivity (Wildman–Crippen MR) is 118 cm³/mol. The summed E-state index contributed by atoms with van der Waals surface area (Å²) in [5.74, 6) is -0.409. The van der Waals surface area contributed by atoms with Crippen LogP contribution in [0.2, 0.25) is 0 Å². The summed E-state index contributed by atoms with van der Waals surface area (Å²) in [5, 5.41) is 15.8. The van der Waals surface area contributed by atoms with E-state index in [4.69, 9.17) is 0 Å². The van der Waals surface area contributed by atoms with Crippen LogP contribution in [0.5, 0.6) is 0 Å². The zero-order chi connectivity index (χ0) is 21.8. The van der Waals surface area contributed by atoms with E-state index in [1.54, 1.807) is 43.6 Å². The molecule has 0 aliphatic carbocycles. The minimum absolute atomic E-state index is 0.0420. The maximum Gasteiger partial charge on any atom is 0.272 e. The molecule has 8 heteroatoms. The number of hydrogen-bond donors (Lipinski definition) is 1. The number of benzene rings is 2. The largest absolute Gasteiger partial charge is 0.272 e. The lowest BCUT2D eigenvalue weighted by Gasteiger charge is -2.09. The molecule has 2 heterocycles. The molecule has 0 aliphatic rings. The molecule has 0 radical (unpaired) electrons.